The first-order chi connectivity index (χ1) is 7.95. The van der Waals surface area contributed by atoms with Gasteiger partial charge in [-0.1, -0.05) is 47.0 Å². The van der Waals surface area contributed by atoms with Crippen LogP contribution in [0, 0.1) is 0 Å². The number of ether oxygens (including phenoxy) is 2. The summed E-state index contributed by atoms with van der Waals surface area (Å²) < 4.78 is 8.31. The largest absolute Gasteiger partial charge is 0.359 e. The van der Waals surface area contributed by atoms with Crippen LogP contribution in [0.1, 0.15) is 12.8 Å². The van der Waals surface area contributed by atoms with E-state index in [2.05, 4.69) is 5.32 Å². The molecule has 2 atom stereocenters. The summed E-state index contributed by atoms with van der Waals surface area (Å²) in [7, 11) is 1.54. The lowest BCUT2D eigenvalue weighted by Crippen LogP contribution is -2.48. The average Bonchev–Trinajstić information content (AvgIpc) is 2.26. The predicted molar refractivity (Wildman–Crippen MR) is 67.3 cm³/mol. The lowest BCUT2D eigenvalue weighted by atomic mass is 9.99. The van der Waals surface area contributed by atoms with Gasteiger partial charge >= 0.3 is 0 Å². The van der Waals surface area contributed by atoms with Crippen molar-refractivity contribution in [2.24, 2.45) is 0 Å². The van der Waals surface area contributed by atoms with E-state index in [4.69, 9.17) is 44.3 Å². The van der Waals surface area contributed by atoms with Crippen molar-refractivity contribution in [3.8, 4) is 0 Å². The van der Waals surface area contributed by atoms with Gasteiger partial charge in [0.25, 0.3) is 9.70 Å². The molecular formula is C10H14Cl3NO3. The maximum absolute atomic E-state index is 11.5. The van der Waals surface area contributed by atoms with Crippen LogP contribution in [0.4, 0.5) is 0 Å². The first kappa shape index (κ1) is 15.1. The maximum atomic E-state index is 11.5. The zero-order valence-electron chi connectivity index (χ0n) is 9.29. The van der Waals surface area contributed by atoms with Gasteiger partial charge in [0.2, 0.25) is 0 Å². The van der Waals surface area contributed by atoms with Crippen LogP contribution in [0.3, 0.4) is 0 Å². The first-order valence-electron chi connectivity index (χ1n) is 5.10. The minimum Gasteiger partial charge on any atom is -0.359 e. The molecule has 0 bridgehead atoms. The number of carbonyl (C=O) groups excluding carboxylic acids is 1. The van der Waals surface area contributed by atoms with Crippen LogP contribution in [0.2, 0.25) is 0 Å². The van der Waals surface area contributed by atoms with Crippen LogP contribution in [0.5, 0.6) is 0 Å². The molecule has 0 unspecified atom stereocenters. The number of methoxy groups -OCH3 is 1. The summed E-state index contributed by atoms with van der Waals surface area (Å²) in [6.07, 6.45) is 5.28. The average molecular weight is 303 g/mol. The number of alkyl halides is 3. The van der Waals surface area contributed by atoms with Crippen LogP contribution in [0.15, 0.2) is 12.2 Å². The Morgan fingerprint density at radius 3 is 2.82 bits per heavy atom. The van der Waals surface area contributed by atoms with Crippen molar-refractivity contribution in [1.82, 2.24) is 5.32 Å². The second kappa shape index (κ2) is 6.81. The van der Waals surface area contributed by atoms with Gasteiger partial charge in [0.15, 0.2) is 0 Å². The Bertz CT molecular complexity index is 291. The minimum atomic E-state index is -1.96. The number of hydrogen-bond acceptors (Lipinski definition) is 3. The lowest BCUT2D eigenvalue weighted by molar-refractivity contribution is -0.123. The molecule has 98 valence electrons. The summed E-state index contributed by atoms with van der Waals surface area (Å²) in [5, 5.41) is 2.62. The van der Waals surface area contributed by atoms with E-state index in [9.17, 15) is 4.79 Å². The van der Waals surface area contributed by atoms with Gasteiger partial charge in [-0.05, 0) is 12.8 Å². The smallest absolute Gasteiger partial charge is 0.272 e. The molecule has 0 aromatic carbocycles. The second-order valence-electron chi connectivity index (χ2n) is 3.61. The predicted octanol–water partition coefficient (Wildman–Crippen LogP) is 2.18. The maximum Gasteiger partial charge on any atom is 0.272 e. The second-order valence-corrected chi connectivity index (χ2v) is 5.90. The van der Waals surface area contributed by atoms with Gasteiger partial charge in [-0.2, -0.15) is 0 Å². The van der Waals surface area contributed by atoms with E-state index < -0.39 is 9.70 Å². The van der Waals surface area contributed by atoms with Crippen molar-refractivity contribution < 1.29 is 14.3 Å². The third kappa shape index (κ3) is 5.02. The normalized spacial score (nSPS) is 24.7. The third-order valence-electron chi connectivity index (χ3n) is 2.32. The number of nitrogens with one attached hydrogen (secondary N) is 1. The number of halogens is 3. The molecule has 0 aromatic rings. The zero-order chi connectivity index (χ0) is 12.9. The van der Waals surface area contributed by atoms with E-state index in [0.717, 1.165) is 12.8 Å². The topological polar surface area (TPSA) is 47.6 Å². The Morgan fingerprint density at radius 1 is 1.53 bits per heavy atom. The fourth-order valence-corrected chi connectivity index (χ4v) is 1.69. The quantitative estimate of drug-likeness (QED) is 0.492. The molecule has 1 aliphatic rings. The van der Waals surface area contributed by atoms with Gasteiger partial charge in [-0.3, -0.25) is 4.79 Å². The van der Waals surface area contributed by atoms with E-state index in [0.29, 0.717) is 0 Å². The van der Waals surface area contributed by atoms with E-state index in [1.807, 2.05) is 12.2 Å². The minimum absolute atomic E-state index is 0.165. The number of rotatable bonds is 4. The Balaban J connectivity index is 2.56. The number of amides is 1. The van der Waals surface area contributed by atoms with Crippen LogP contribution < -0.4 is 5.32 Å². The molecular weight excluding hydrogens is 288 g/mol. The zero-order valence-corrected chi connectivity index (χ0v) is 11.6. The molecule has 7 heteroatoms. The van der Waals surface area contributed by atoms with Crippen molar-refractivity contribution in [2.75, 3.05) is 13.9 Å². The molecule has 1 amide bonds. The Kier molecular flexibility index (Phi) is 6.03. The molecule has 0 aliphatic heterocycles. The Hall–Kier alpha value is -0.000000000000000111. The van der Waals surface area contributed by atoms with Crippen molar-refractivity contribution in [3.05, 3.63) is 12.2 Å². The molecule has 0 aromatic heterocycles. The SMILES string of the molecule is COCO[C@@H]1CCC=C[C@@H]1NC(=O)C(Cl)(Cl)Cl. The molecule has 1 aliphatic carbocycles. The van der Waals surface area contributed by atoms with Gasteiger partial charge in [0.1, 0.15) is 6.79 Å². The van der Waals surface area contributed by atoms with Gasteiger partial charge in [0, 0.05) is 7.11 Å². The first-order valence-corrected chi connectivity index (χ1v) is 6.23. The number of hydrogen-bond donors (Lipinski definition) is 1. The van der Waals surface area contributed by atoms with E-state index in [1.54, 1.807) is 0 Å². The number of allylic oxidation sites excluding steroid dienone is 1. The van der Waals surface area contributed by atoms with Crippen LogP contribution >= 0.6 is 34.8 Å². The van der Waals surface area contributed by atoms with Crippen molar-refractivity contribution in [2.45, 2.75) is 28.8 Å². The standard InChI is InChI=1S/C10H14Cl3NO3/c1-16-6-17-8-5-3-2-4-7(8)14-9(15)10(11,12)13/h2,4,7-8H,3,5-6H2,1H3,(H,14,15)/t7-,8+/m0/s1. The molecule has 0 fully saturated rings. The van der Waals surface area contributed by atoms with Crippen LogP contribution in [-0.2, 0) is 14.3 Å². The highest BCUT2D eigenvalue weighted by atomic mass is 35.6. The van der Waals surface area contributed by atoms with Crippen LogP contribution in [0.25, 0.3) is 0 Å². The fraction of sp³-hybridized carbons (Fsp3) is 0.700. The van der Waals surface area contributed by atoms with Gasteiger partial charge in [-0.25, -0.2) is 0 Å². The van der Waals surface area contributed by atoms with Crippen molar-refractivity contribution in [3.63, 3.8) is 0 Å². The highest BCUT2D eigenvalue weighted by molar-refractivity contribution is 6.76. The third-order valence-corrected chi connectivity index (χ3v) is 2.83. The highest BCUT2D eigenvalue weighted by Gasteiger charge is 2.34. The van der Waals surface area contributed by atoms with E-state index >= 15 is 0 Å². The van der Waals surface area contributed by atoms with E-state index in [1.165, 1.54) is 7.11 Å². The van der Waals surface area contributed by atoms with Crippen LogP contribution in [-0.4, -0.2) is 35.7 Å². The molecule has 0 saturated carbocycles. The van der Waals surface area contributed by atoms with Gasteiger partial charge < -0.3 is 14.8 Å². The molecule has 1 rings (SSSR count). The molecule has 17 heavy (non-hydrogen) atoms. The summed E-state index contributed by atoms with van der Waals surface area (Å²) in [5.41, 5.74) is 0. The summed E-state index contributed by atoms with van der Waals surface area (Å²) in [6.45, 7) is 0.165. The highest BCUT2D eigenvalue weighted by Crippen LogP contribution is 2.27. The Morgan fingerprint density at radius 2 is 2.24 bits per heavy atom. The summed E-state index contributed by atoms with van der Waals surface area (Å²) >= 11 is 16.5. The molecule has 0 heterocycles. The molecule has 0 saturated heterocycles. The summed E-state index contributed by atoms with van der Waals surface area (Å²) in [6, 6.07) is -0.304. The fourth-order valence-electron chi connectivity index (χ4n) is 1.52. The molecule has 0 spiro atoms. The summed E-state index contributed by atoms with van der Waals surface area (Å²) in [5.74, 6) is -0.662. The number of carbonyl (C=O) groups is 1. The van der Waals surface area contributed by atoms with Gasteiger partial charge in [0.05, 0.1) is 12.1 Å². The molecule has 4 nitrogen and oxygen atoms in total. The molecule has 0 radical (unpaired) electrons. The lowest BCUT2D eigenvalue weighted by Gasteiger charge is -2.29. The monoisotopic (exact) mass is 301 g/mol. The van der Waals surface area contributed by atoms with Gasteiger partial charge in [-0.15, -0.1) is 0 Å². The molecule has 1 N–H and O–H groups in total. The summed E-state index contributed by atoms with van der Waals surface area (Å²) in [4.78, 5) is 11.5. The van der Waals surface area contributed by atoms with Crippen molar-refractivity contribution >= 4 is 40.7 Å². The Labute approximate surface area is 115 Å². The van der Waals surface area contributed by atoms with E-state index in [-0.39, 0.29) is 18.9 Å². The van der Waals surface area contributed by atoms with Crippen molar-refractivity contribution in [1.29, 1.82) is 0 Å².